The lowest BCUT2D eigenvalue weighted by Crippen LogP contribution is -2.27. The molecule has 0 atom stereocenters. The fraction of sp³-hybridized carbons (Fsp3) is 0.0500. The van der Waals surface area contributed by atoms with E-state index in [0.717, 1.165) is 28.6 Å². The Hall–Kier alpha value is -3.10. The molecule has 2 aliphatic heterocycles. The minimum absolute atomic E-state index is 0.288. The number of thiocarbonyl (C=S) groups is 1. The lowest BCUT2D eigenvalue weighted by molar-refractivity contribution is -0.113. The van der Waals surface area contributed by atoms with E-state index in [-0.39, 0.29) is 21.5 Å². The number of rotatable bonds is 3. The van der Waals surface area contributed by atoms with E-state index in [1.54, 1.807) is 6.08 Å². The van der Waals surface area contributed by atoms with Gasteiger partial charge in [-0.15, -0.1) is 0 Å². The molecule has 1 amide bonds. The molecular formula is C20H13NO5S2. The number of benzene rings is 2. The Morgan fingerprint density at radius 2 is 2.04 bits per heavy atom. The fourth-order valence-corrected chi connectivity index (χ4v) is 4.22. The third-order valence-electron chi connectivity index (χ3n) is 4.23. The summed E-state index contributed by atoms with van der Waals surface area (Å²) in [5, 5.41) is 18.9. The summed E-state index contributed by atoms with van der Waals surface area (Å²) in [5.41, 5.74) is 1.76. The molecule has 1 saturated heterocycles. The Bertz CT molecular complexity index is 1090. The number of anilines is 1. The van der Waals surface area contributed by atoms with Crippen molar-refractivity contribution in [3.05, 3.63) is 70.1 Å². The number of phenols is 1. The van der Waals surface area contributed by atoms with E-state index in [2.05, 4.69) is 0 Å². The van der Waals surface area contributed by atoms with Gasteiger partial charge in [0.15, 0.2) is 4.32 Å². The summed E-state index contributed by atoms with van der Waals surface area (Å²) >= 11 is 6.45. The molecule has 0 saturated carbocycles. The molecule has 0 aliphatic carbocycles. The number of thioether (sulfide) groups is 1. The zero-order chi connectivity index (χ0) is 19.8. The van der Waals surface area contributed by atoms with Crippen LogP contribution in [0, 0.1) is 0 Å². The fourth-order valence-electron chi connectivity index (χ4n) is 2.91. The molecule has 140 valence electrons. The summed E-state index contributed by atoms with van der Waals surface area (Å²) in [7, 11) is 0. The second kappa shape index (κ2) is 7.14. The number of carboxylic acid groups (broad SMARTS) is 1. The van der Waals surface area contributed by atoms with Gasteiger partial charge in [0.2, 0.25) is 0 Å². The van der Waals surface area contributed by atoms with Crippen LogP contribution in [0.4, 0.5) is 5.69 Å². The van der Waals surface area contributed by atoms with Gasteiger partial charge in [-0.2, -0.15) is 0 Å². The van der Waals surface area contributed by atoms with Crippen molar-refractivity contribution in [2.24, 2.45) is 0 Å². The van der Waals surface area contributed by atoms with Gasteiger partial charge < -0.3 is 14.9 Å². The summed E-state index contributed by atoms with van der Waals surface area (Å²) in [5.74, 6) is -1.22. The monoisotopic (exact) mass is 411 g/mol. The van der Waals surface area contributed by atoms with E-state index < -0.39 is 5.97 Å². The van der Waals surface area contributed by atoms with Gasteiger partial charge >= 0.3 is 5.97 Å². The number of fused-ring (bicyclic) bond motifs is 1. The average molecular weight is 411 g/mol. The molecule has 2 N–H and O–H groups in total. The maximum absolute atomic E-state index is 12.9. The second-order valence-corrected chi connectivity index (χ2v) is 7.75. The number of para-hydroxylation sites is 1. The molecular weight excluding hydrogens is 398 g/mol. The van der Waals surface area contributed by atoms with Crippen molar-refractivity contribution >= 4 is 51.9 Å². The third kappa shape index (κ3) is 3.28. The molecule has 0 bridgehead atoms. The molecule has 2 aliphatic rings. The van der Waals surface area contributed by atoms with Crippen LogP contribution in [-0.4, -0.2) is 33.0 Å². The highest BCUT2D eigenvalue weighted by atomic mass is 32.2. The number of carbonyl (C=O) groups is 2. The molecule has 2 heterocycles. The van der Waals surface area contributed by atoms with Crippen molar-refractivity contribution < 1.29 is 24.5 Å². The highest BCUT2D eigenvalue weighted by Crippen LogP contribution is 2.37. The van der Waals surface area contributed by atoms with Crippen LogP contribution in [0.3, 0.4) is 0 Å². The molecule has 0 unspecified atom stereocenters. The van der Waals surface area contributed by atoms with Crippen molar-refractivity contribution in [3.63, 3.8) is 0 Å². The van der Waals surface area contributed by atoms with Crippen LogP contribution in [0.2, 0.25) is 0 Å². The highest BCUT2D eigenvalue weighted by Gasteiger charge is 2.34. The van der Waals surface area contributed by atoms with Crippen LogP contribution < -0.4 is 9.64 Å². The standard InChI is InChI=1S/C20H13NO5S2/c22-15-6-5-13(9-14(15)19(24)25)21-18(23)17(28-20(21)27)8-11-7-12-3-1-2-4-16(12)26-10-11/h1-9,22H,10H2,(H,24,25)/b17-8+. The smallest absolute Gasteiger partial charge is 0.339 e. The maximum Gasteiger partial charge on any atom is 0.339 e. The minimum atomic E-state index is -1.29. The van der Waals surface area contributed by atoms with Crippen LogP contribution in [-0.2, 0) is 4.79 Å². The van der Waals surface area contributed by atoms with Crippen molar-refractivity contribution in [2.45, 2.75) is 0 Å². The van der Waals surface area contributed by atoms with Crippen molar-refractivity contribution in [1.29, 1.82) is 0 Å². The van der Waals surface area contributed by atoms with Gasteiger partial charge in [-0.1, -0.05) is 42.2 Å². The lowest BCUT2D eigenvalue weighted by atomic mass is 10.1. The quantitative estimate of drug-likeness (QED) is 0.587. The number of ether oxygens (including phenoxy) is 1. The normalized spacial score (nSPS) is 17.4. The van der Waals surface area contributed by atoms with Gasteiger partial charge in [0.1, 0.15) is 23.7 Å². The Kier molecular flexibility index (Phi) is 4.66. The van der Waals surface area contributed by atoms with Gasteiger partial charge in [-0.3, -0.25) is 9.69 Å². The van der Waals surface area contributed by atoms with E-state index >= 15 is 0 Å². The first kappa shape index (κ1) is 18.3. The number of amides is 1. The van der Waals surface area contributed by atoms with Crippen LogP contribution in [0.15, 0.2) is 59.0 Å². The van der Waals surface area contributed by atoms with Crippen LogP contribution in [0.25, 0.3) is 6.08 Å². The zero-order valence-electron chi connectivity index (χ0n) is 14.3. The molecule has 6 nitrogen and oxygen atoms in total. The van der Waals surface area contributed by atoms with E-state index in [1.807, 2.05) is 30.3 Å². The molecule has 4 rings (SSSR count). The zero-order valence-corrected chi connectivity index (χ0v) is 15.9. The lowest BCUT2D eigenvalue weighted by Gasteiger charge is -2.16. The Labute approximate surface area is 169 Å². The summed E-state index contributed by atoms with van der Waals surface area (Å²) in [6, 6.07) is 11.5. The molecule has 28 heavy (non-hydrogen) atoms. The Morgan fingerprint density at radius 1 is 1.25 bits per heavy atom. The van der Waals surface area contributed by atoms with E-state index in [0.29, 0.717) is 17.2 Å². The van der Waals surface area contributed by atoms with Gasteiger partial charge in [-0.25, -0.2) is 4.79 Å². The van der Waals surface area contributed by atoms with Crippen LogP contribution >= 0.6 is 24.0 Å². The first-order valence-corrected chi connectivity index (χ1v) is 9.43. The summed E-state index contributed by atoms with van der Waals surface area (Å²) < 4.78 is 5.99. The second-order valence-electron chi connectivity index (χ2n) is 6.07. The highest BCUT2D eigenvalue weighted by molar-refractivity contribution is 8.27. The molecule has 8 heteroatoms. The number of aromatic hydroxyl groups is 1. The van der Waals surface area contributed by atoms with Gasteiger partial charge in [-0.05, 0) is 42.0 Å². The number of nitrogens with zero attached hydrogens (tertiary/aromatic N) is 1. The first-order valence-electron chi connectivity index (χ1n) is 8.21. The molecule has 2 aromatic rings. The average Bonchev–Trinajstić information content (AvgIpc) is 2.95. The van der Waals surface area contributed by atoms with Gasteiger partial charge in [0.25, 0.3) is 5.91 Å². The van der Waals surface area contributed by atoms with Crippen LogP contribution in [0.1, 0.15) is 15.9 Å². The van der Waals surface area contributed by atoms with E-state index in [9.17, 15) is 19.8 Å². The Morgan fingerprint density at radius 3 is 2.82 bits per heavy atom. The van der Waals surface area contributed by atoms with E-state index in [1.165, 1.54) is 23.1 Å². The predicted octanol–water partition coefficient (Wildman–Crippen LogP) is 3.82. The van der Waals surface area contributed by atoms with Crippen LogP contribution in [0.5, 0.6) is 11.5 Å². The number of hydrogen-bond donors (Lipinski definition) is 2. The van der Waals surface area contributed by atoms with E-state index in [4.69, 9.17) is 17.0 Å². The minimum Gasteiger partial charge on any atom is -0.507 e. The van der Waals surface area contributed by atoms with Crippen molar-refractivity contribution in [1.82, 2.24) is 0 Å². The maximum atomic E-state index is 12.9. The molecule has 0 aromatic heterocycles. The summed E-state index contributed by atoms with van der Waals surface area (Å²) in [4.78, 5) is 25.8. The largest absolute Gasteiger partial charge is 0.507 e. The first-order chi connectivity index (χ1) is 13.4. The molecule has 1 fully saturated rings. The predicted molar refractivity (Wildman–Crippen MR) is 111 cm³/mol. The number of aromatic carboxylic acids is 1. The summed E-state index contributed by atoms with van der Waals surface area (Å²) in [6.45, 7) is 0.337. The van der Waals surface area contributed by atoms with Gasteiger partial charge in [0, 0.05) is 5.56 Å². The number of carboxylic acids is 1. The molecule has 2 aromatic carbocycles. The van der Waals surface area contributed by atoms with Gasteiger partial charge in [0.05, 0.1) is 10.6 Å². The third-order valence-corrected chi connectivity index (χ3v) is 5.54. The SMILES string of the molecule is O=C(O)c1cc(N2C(=O)/C(=C\C3=Cc4ccccc4OC3)SC2=S)ccc1O. The number of hydrogen-bond acceptors (Lipinski definition) is 6. The topological polar surface area (TPSA) is 87.1 Å². The Balaban J connectivity index is 1.65. The van der Waals surface area contributed by atoms with Crippen molar-refractivity contribution in [3.8, 4) is 11.5 Å². The molecule has 0 radical (unpaired) electrons. The summed E-state index contributed by atoms with van der Waals surface area (Å²) in [6.07, 6.45) is 3.68. The number of carbonyl (C=O) groups excluding carboxylic acids is 1. The molecule has 0 spiro atoms. The van der Waals surface area contributed by atoms with Crippen molar-refractivity contribution in [2.75, 3.05) is 11.5 Å².